The lowest BCUT2D eigenvalue weighted by atomic mass is 10.1. The van der Waals surface area contributed by atoms with E-state index < -0.39 is 0 Å². The van der Waals surface area contributed by atoms with Gasteiger partial charge in [-0.3, -0.25) is 0 Å². The molecule has 1 aromatic carbocycles. The largest absolute Gasteiger partial charge is 0.491 e. The smallest absolute Gasteiger partial charge is 0.119 e. The van der Waals surface area contributed by atoms with Gasteiger partial charge in [-0.2, -0.15) is 0 Å². The Morgan fingerprint density at radius 3 is 2.53 bits per heavy atom. The quantitative estimate of drug-likeness (QED) is 0.709. The van der Waals surface area contributed by atoms with Gasteiger partial charge in [0.15, 0.2) is 0 Å². The molecular weight excluding hydrogens is 218 g/mol. The number of hydrogen-bond donors (Lipinski definition) is 2. The van der Waals surface area contributed by atoms with Gasteiger partial charge in [-0.25, -0.2) is 0 Å². The minimum atomic E-state index is -0.0582. The van der Waals surface area contributed by atoms with Gasteiger partial charge in [0.05, 0.1) is 0 Å². The van der Waals surface area contributed by atoms with Crippen LogP contribution in [0.15, 0.2) is 24.3 Å². The summed E-state index contributed by atoms with van der Waals surface area (Å²) >= 11 is 0. The maximum Gasteiger partial charge on any atom is 0.119 e. The number of ether oxygens (including phenoxy) is 2. The fourth-order valence-corrected chi connectivity index (χ4v) is 1.49. The maximum absolute atomic E-state index is 8.79. The van der Waals surface area contributed by atoms with Gasteiger partial charge >= 0.3 is 0 Å². The van der Waals surface area contributed by atoms with Gasteiger partial charge in [0.1, 0.15) is 18.5 Å². The van der Waals surface area contributed by atoms with E-state index in [-0.39, 0.29) is 12.7 Å². The Labute approximate surface area is 102 Å². The number of benzene rings is 1. The Bertz CT molecular complexity index is 300. The summed E-state index contributed by atoms with van der Waals surface area (Å²) in [4.78, 5) is 0. The van der Waals surface area contributed by atoms with E-state index in [0.29, 0.717) is 26.2 Å². The maximum atomic E-state index is 8.79. The number of hydrogen-bond acceptors (Lipinski definition) is 4. The molecule has 96 valence electrons. The third-order valence-corrected chi connectivity index (χ3v) is 2.42. The monoisotopic (exact) mass is 239 g/mol. The van der Waals surface area contributed by atoms with Gasteiger partial charge in [0, 0.05) is 19.8 Å². The molecule has 4 nitrogen and oxygen atoms in total. The Morgan fingerprint density at radius 2 is 2.00 bits per heavy atom. The lowest BCUT2D eigenvalue weighted by molar-refractivity contribution is 0.0337. The first kappa shape index (κ1) is 14.0. The second kappa shape index (κ2) is 8.06. The molecule has 0 aliphatic carbocycles. The SMILES string of the molecule is CCOC(CN)COc1ccc(CCO)cc1. The first-order chi connectivity index (χ1) is 8.30. The zero-order chi connectivity index (χ0) is 12.5. The zero-order valence-corrected chi connectivity index (χ0v) is 10.3. The second-order valence-electron chi connectivity index (χ2n) is 3.74. The average Bonchev–Trinajstić information content (AvgIpc) is 2.36. The fraction of sp³-hybridized carbons (Fsp3) is 0.538. The molecular formula is C13H21NO3. The van der Waals surface area contributed by atoms with Crippen LogP contribution in [0.2, 0.25) is 0 Å². The van der Waals surface area contributed by atoms with Crippen molar-refractivity contribution in [2.75, 3.05) is 26.4 Å². The number of aliphatic hydroxyl groups excluding tert-OH is 1. The number of nitrogens with two attached hydrogens (primary N) is 1. The van der Waals surface area contributed by atoms with Crippen LogP contribution in [0.4, 0.5) is 0 Å². The van der Waals surface area contributed by atoms with Crippen molar-refractivity contribution in [3.8, 4) is 5.75 Å². The first-order valence-corrected chi connectivity index (χ1v) is 5.94. The Morgan fingerprint density at radius 1 is 1.29 bits per heavy atom. The highest BCUT2D eigenvalue weighted by atomic mass is 16.5. The van der Waals surface area contributed by atoms with E-state index in [4.69, 9.17) is 20.3 Å². The molecule has 1 rings (SSSR count). The summed E-state index contributed by atoms with van der Waals surface area (Å²) in [6.07, 6.45) is 0.613. The molecule has 1 aromatic rings. The van der Waals surface area contributed by atoms with Crippen LogP contribution in [0, 0.1) is 0 Å². The van der Waals surface area contributed by atoms with Gasteiger partial charge in [-0.15, -0.1) is 0 Å². The molecule has 0 amide bonds. The first-order valence-electron chi connectivity index (χ1n) is 5.94. The topological polar surface area (TPSA) is 64.7 Å². The third-order valence-electron chi connectivity index (χ3n) is 2.42. The standard InChI is InChI=1S/C13H21NO3/c1-2-16-13(9-14)10-17-12-5-3-11(4-6-12)7-8-15/h3-6,13,15H,2,7-10,14H2,1H3. The molecule has 0 fully saturated rings. The van der Waals surface area contributed by atoms with Crippen molar-refractivity contribution in [1.82, 2.24) is 0 Å². The summed E-state index contributed by atoms with van der Waals surface area (Å²) in [7, 11) is 0. The molecule has 0 aromatic heterocycles. The highest BCUT2D eigenvalue weighted by Crippen LogP contribution is 2.13. The summed E-state index contributed by atoms with van der Waals surface area (Å²) in [6, 6.07) is 7.68. The van der Waals surface area contributed by atoms with Gasteiger partial charge in [0.25, 0.3) is 0 Å². The van der Waals surface area contributed by atoms with Crippen LogP contribution in [0.5, 0.6) is 5.75 Å². The highest BCUT2D eigenvalue weighted by molar-refractivity contribution is 5.27. The molecule has 0 bridgehead atoms. The van der Waals surface area contributed by atoms with Gasteiger partial charge < -0.3 is 20.3 Å². The Kier molecular flexibility index (Phi) is 6.62. The normalized spacial score (nSPS) is 12.4. The minimum Gasteiger partial charge on any atom is -0.491 e. The number of rotatable bonds is 8. The van der Waals surface area contributed by atoms with E-state index in [0.717, 1.165) is 11.3 Å². The Hall–Kier alpha value is -1.10. The van der Waals surface area contributed by atoms with Crippen LogP contribution in [-0.2, 0) is 11.2 Å². The van der Waals surface area contributed by atoms with Crippen LogP contribution in [0.25, 0.3) is 0 Å². The molecule has 0 aliphatic heterocycles. The molecule has 0 aliphatic rings. The highest BCUT2D eigenvalue weighted by Gasteiger charge is 2.06. The van der Waals surface area contributed by atoms with E-state index in [1.54, 1.807) is 0 Å². The van der Waals surface area contributed by atoms with E-state index in [9.17, 15) is 0 Å². The van der Waals surface area contributed by atoms with Crippen LogP contribution in [0.1, 0.15) is 12.5 Å². The van der Waals surface area contributed by atoms with E-state index >= 15 is 0 Å². The molecule has 17 heavy (non-hydrogen) atoms. The van der Waals surface area contributed by atoms with Gasteiger partial charge in [0.2, 0.25) is 0 Å². The lowest BCUT2D eigenvalue weighted by Gasteiger charge is -2.15. The molecule has 0 saturated heterocycles. The Balaban J connectivity index is 2.40. The molecule has 1 atom stereocenters. The molecule has 0 spiro atoms. The molecule has 4 heteroatoms. The third kappa shape index (κ3) is 5.17. The van der Waals surface area contributed by atoms with E-state index in [1.807, 2.05) is 31.2 Å². The van der Waals surface area contributed by atoms with E-state index in [1.165, 1.54) is 0 Å². The van der Waals surface area contributed by atoms with Crippen LogP contribution in [0.3, 0.4) is 0 Å². The van der Waals surface area contributed by atoms with Crippen molar-refractivity contribution in [2.45, 2.75) is 19.4 Å². The molecule has 3 N–H and O–H groups in total. The van der Waals surface area contributed by atoms with Crippen LogP contribution < -0.4 is 10.5 Å². The molecule has 1 unspecified atom stereocenters. The van der Waals surface area contributed by atoms with Crippen molar-refractivity contribution >= 4 is 0 Å². The van der Waals surface area contributed by atoms with Crippen molar-refractivity contribution in [3.05, 3.63) is 29.8 Å². The van der Waals surface area contributed by atoms with Gasteiger partial charge in [-0.05, 0) is 31.0 Å². The van der Waals surface area contributed by atoms with Crippen molar-refractivity contribution in [2.24, 2.45) is 5.73 Å². The molecule has 0 saturated carbocycles. The molecule has 0 heterocycles. The summed E-state index contributed by atoms with van der Waals surface area (Å²) in [5.41, 5.74) is 6.65. The summed E-state index contributed by atoms with van der Waals surface area (Å²) in [5.74, 6) is 0.796. The average molecular weight is 239 g/mol. The predicted octanol–water partition coefficient (Wildman–Crippen LogP) is 0.964. The zero-order valence-electron chi connectivity index (χ0n) is 10.3. The summed E-state index contributed by atoms with van der Waals surface area (Å²) < 4.78 is 11.0. The van der Waals surface area contributed by atoms with Crippen molar-refractivity contribution < 1.29 is 14.6 Å². The molecule has 0 radical (unpaired) electrons. The van der Waals surface area contributed by atoms with Gasteiger partial charge in [-0.1, -0.05) is 12.1 Å². The van der Waals surface area contributed by atoms with Crippen LogP contribution >= 0.6 is 0 Å². The number of aliphatic hydroxyl groups is 1. The lowest BCUT2D eigenvalue weighted by Crippen LogP contribution is -2.30. The van der Waals surface area contributed by atoms with Crippen LogP contribution in [-0.4, -0.2) is 37.6 Å². The predicted molar refractivity (Wildman–Crippen MR) is 67.2 cm³/mol. The van der Waals surface area contributed by atoms with Crippen molar-refractivity contribution in [3.63, 3.8) is 0 Å². The summed E-state index contributed by atoms with van der Waals surface area (Å²) in [6.45, 7) is 3.66. The fourth-order valence-electron chi connectivity index (χ4n) is 1.49. The van der Waals surface area contributed by atoms with Crippen molar-refractivity contribution in [1.29, 1.82) is 0 Å². The minimum absolute atomic E-state index is 0.0582. The van der Waals surface area contributed by atoms with E-state index in [2.05, 4.69) is 0 Å². The summed E-state index contributed by atoms with van der Waals surface area (Å²) in [5, 5.41) is 8.79. The second-order valence-corrected chi connectivity index (χ2v) is 3.74.